The molecule has 1 aromatic heterocycles. The van der Waals surface area contributed by atoms with Gasteiger partial charge in [-0.3, -0.25) is 4.90 Å². The van der Waals surface area contributed by atoms with Gasteiger partial charge in [0.15, 0.2) is 0 Å². The second-order valence-corrected chi connectivity index (χ2v) is 6.45. The van der Waals surface area contributed by atoms with Crippen molar-refractivity contribution in [3.8, 4) is 6.07 Å². The third-order valence-electron chi connectivity index (χ3n) is 4.81. The minimum Gasteiger partial charge on any atom is -0.365 e. The lowest BCUT2D eigenvalue weighted by Gasteiger charge is -2.33. The molecule has 1 saturated heterocycles. The van der Waals surface area contributed by atoms with Crippen molar-refractivity contribution in [2.45, 2.75) is 45.3 Å². The number of hydrogen-bond donors (Lipinski definition) is 1. The predicted molar refractivity (Wildman–Crippen MR) is 96.4 cm³/mol. The minimum absolute atomic E-state index is 0.583. The van der Waals surface area contributed by atoms with Crippen LogP contribution in [0.5, 0.6) is 0 Å². The molecule has 4 heteroatoms. The number of hydrogen-bond acceptors (Lipinski definition) is 4. The van der Waals surface area contributed by atoms with Gasteiger partial charge < -0.3 is 5.32 Å². The summed E-state index contributed by atoms with van der Waals surface area (Å²) in [6, 6.07) is 15.0. The standard InChI is InChI=1S/C20H24N4/c1-16-7-4-5-12-24(16)15-19-9-3-2-8-18(19)14-23-20-17(13-21)10-6-11-22-20/h2-3,6,8-11,16H,4-5,7,12,14-15H2,1H3,(H,22,23). The Morgan fingerprint density at radius 1 is 1.21 bits per heavy atom. The van der Waals surface area contributed by atoms with Gasteiger partial charge in [0.1, 0.15) is 11.9 Å². The van der Waals surface area contributed by atoms with Gasteiger partial charge in [0.05, 0.1) is 5.56 Å². The Hall–Kier alpha value is -2.38. The molecule has 1 atom stereocenters. The van der Waals surface area contributed by atoms with E-state index in [9.17, 15) is 5.26 Å². The van der Waals surface area contributed by atoms with E-state index in [-0.39, 0.29) is 0 Å². The molecule has 0 aliphatic carbocycles. The molecule has 2 heterocycles. The van der Waals surface area contributed by atoms with Crippen LogP contribution < -0.4 is 5.32 Å². The summed E-state index contributed by atoms with van der Waals surface area (Å²) in [7, 11) is 0. The molecule has 24 heavy (non-hydrogen) atoms. The average molecular weight is 320 g/mol. The van der Waals surface area contributed by atoms with Crippen molar-refractivity contribution in [2.24, 2.45) is 0 Å². The van der Waals surface area contributed by atoms with Crippen molar-refractivity contribution in [3.05, 3.63) is 59.3 Å². The monoisotopic (exact) mass is 320 g/mol. The first-order chi connectivity index (χ1) is 11.8. The highest BCUT2D eigenvalue weighted by molar-refractivity contribution is 5.51. The second-order valence-electron chi connectivity index (χ2n) is 6.45. The minimum atomic E-state index is 0.583. The first kappa shape index (κ1) is 16.5. The fourth-order valence-corrected chi connectivity index (χ4v) is 3.31. The van der Waals surface area contributed by atoms with Crippen LogP contribution in [0.1, 0.15) is 42.9 Å². The van der Waals surface area contributed by atoms with Crippen LogP contribution in [0.2, 0.25) is 0 Å². The van der Waals surface area contributed by atoms with E-state index in [2.05, 4.69) is 52.5 Å². The number of benzene rings is 1. The maximum atomic E-state index is 9.18. The SMILES string of the molecule is CC1CCCCN1Cc1ccccc1CNc1ncccc1C#N. The quantitative estimate of drug-likeness (QED) is 0.906. The molecule has 3 rings (SSSR count). The van der Waals surface area contributed by atoms with E-state index in [4.69, 9.17) is 0 Å². The number of nitrogens with zero attached hydrogens (tertiary/aromatic N) is 3. The summed E-state index contributed by atoms with van der Waals surface area (Å²) in [4.78, 5) is 6.85. The third kappa shape index (κ3) is 3.93. The number of nitrogens with one attached hydrogen (secondary N) is 1. The summed E-state index contributed by atoms with van der Waals surface area (Å²) >= 11 is 0. The predicted octanol–water partition coefficient (Wildman–Crippen LogP) is 3.94. The summed E-state index contributed by atoms with van der Waals surface area (Å²) in [6.07, 6.45) is 5.64. The fraction of sp³-hybridized carbons (Fsp3) is 0.400. The molecule has 1 N–H and O–H groups in total. The van der Waals surface area contributed by atoms with E-state index in [0.717, 1.165) is 6.54 Å². The smallest absolute Gasteiger partial charge is 0.144 e. The first-order valence-corrected chi connectivity index (χ1v) is 8.68. The first-order valence-electron chi connectivity index (χ1n) is 8.68. The number of rotatable bonds is 5. The number of aromatic nitrogens is 1. The summed E-state index contributed by atoms with van der Waals surface area (Å²) < 4.78 is 0. The van der Waals surface area contributed by atoms with Crippen molar-refractivity contribution < 1.29 is 0 Å². The Balaban J connectivity index is 1.71. The topological polar surface area (TPSA) is 52.0 Å². The van der Waals surface area contributed by atoms with Gasteiger partial charge in [-0.25, -0.2) is 4.98 Å². The largest absolute Gasteiger partial charge is 0.365 e. The second kappa shape index (κ2) is 7.94. The molecule has 124 valence electrons. The Bertz CT molecular complexity index is 720. The van der Waals surface area contributed by atoms with E-state index in [1.54, 1.807) is 18.3 Å². The van der Waals surface area contributed by atoms with E-state index in [0.29, 0.717) is 24.0 Å². The van der Waals surface area contributed by atoms with Crippen LogP contribution in [0.15, 0.2) is 42.6 Å². The van der Waals surface area contributed by atoms with Crippen LogP contribution in [0, 0.1) is 11.3 Å². The lowest BCUT2D eigenvalue weighted by molar-refractivity contribution is 0.152. The highest BCUT2D eigenvalue weighted by atomic mass is 15.2. The molecular weight excluding hydrogens is 296 g/mol. The molecule has 0 saturated carbocycles. The maximum Gasteiger partial charge on any atom is 0.144 e. The summed E-state index contributed by atoms with van der Waals surface area (Å²) in [5.74, 6) is 0.654. The van der Waals surface area contributed by atoms with Crippen LogP contribution in [0.4, 0.5) is 5.82 Å². The van der Waals surface area contributed by atoms with Crippen molar-refractivity contribution in [3.63, 3.8) is 0 Å². The van der Waals surface area contributed by atoms with Crippen LogP contribution in [-0.2, 0) is 13.1 Å². The maximum absolute atomic E-state index is 9.18. The fourth-order valence-electron chi connectivity index (χ4n) is 3.31. The Morgan fingerprint density at radius 2 is 2.04 bits per heavy atom. The number of nitriles is 1. The molecule has 1 aliphatic heterocycles. The number of pyridine rings is 1. The van der Waals surface area contributed by atoms with Crippen LogP contribution in [-0.4, -0.2) is 22.5 Å². The summed E-state index contributed by atoms with van der Waals surface area (Å²) in [6.45, 7) is 5.19. The summed E-state index contributed by atoms with van der Waals surface area (Å²) in [5.41, 5.74) is 3.21. The van der Waals surface area contributed by atoms with E-state index in [1.165, 1.54) is 36.9 Å². The zero-order chi connectivity index (χ0) is 16.8. The lowest BCUT2D eigenvalue weighted by Crippen LogP contribution is -2.37. The highest BCUT2D eigenvalue weighted by Crippen LogP contribution is 2.21. The van der Waals surface area contributed by atoms with E-state index < -0.39 is 0 Å². The number of likely N-dealkylation sites (tertiary alicyclic amines) is 1. The van der Waals surface area contributed by atoms with E-state index in [1.807, 2.05) is 0 Å². The Labute approximate surface area is 144 Å². The van der Waals surface area contributed by atoms with Crippen LogP contribution in [0.25, 0.3) is 0 Å². The van der Waals surface area contributed by atoms with Crippen molar-refractivity contribution in [2.75, 3.05) is 11.9 Å². The van der Waals surface area contributed by atoms with Crippen LogP contribution >= 0.6 is 0 Å². The molecule has 0 radical (unpaired) electrons. The molecule has 1 fully saturated rings. The summed E-state index contributed by atoms with van der Waals surface area (Å²) in [5, 5.41) is 12.5. The zero-order valence-corrected chi connectivity index (χ0v) is 14.2. The van der Waals surface area contributed by atoms with Crippen molar-refractivity contribution in [1.82, 2.24) is 9.88 Å². The molecule has 1 aromatic carbocycles. The van der Waals surface area contributed by atoms with Crippen molar-refractivity contribution >= 4 is 5.82 Å². The molecular formula is C20H24N4. The molecule has 1 unspecified atom stereocenters. The van der Waals surface area contributed by atoms with Crippen LogP contribution in [0.3, 0.4) is 0 Å². The van der Waals surface area contributed by atoms with Gasteiger partial charge in [-0.2, -0.15) is 5.26 Å². The normalized spacial score (nSPS) is 18.1. The number of piperidine rings is 1. The van der Waals surface area contributed by atoms with Gasteiger partial charge in [-0.15, -0.1) is 0 Å². The van der Waals surface area contributed by atoms with Crippen molar-refractivity contribution in [1.29, 1.82) is 5.26 Å². The van der Waals surface area contributed by atoms with Gasteiger partial charge in [-0.05, 0) is 49.6 Å². The zero-order valence-electron chi connectivity index (χ0n) is 14.2. The Morgan fingerprint density at radius 3 is 2.83 bits per heavy atom. The molecule has 0 amide bonds. The Kier molecular flexibility index (Phi) is 5.45. The number of anilines is 1. The molecule has 1 aliphatic rings. The molecule has 4 nitrogen and oxygen atoms in total. The van der Waals surface area contributed by atoms with E-state index >= 15 is 0 Å². The molecule has 2 aromatic rings. The average Bonchev–Trinajstić information content (AvgIpc) is 2.63. The third-order valence-corrected chi connectivity index (χ3v) is 4.81. The molecule has 0 spiro atoms. The molecule has 0 bridgehead atoms. The lowest BCUT2D eigenvalue weighted by atomic mass is 10.0. The van der Waals surface area contributed by atoms with Gasteiger partial charge in [0, 0.05) is 25.3 Å². The van der Waals surface area contributed by atoms with Gasteiger partial charge in [0.2, 0.25) is 0 Å². The van der Waals surface area contributed by atoms with Gasteiger partial charge in [-0.1, -0.05) is 30.7 Å². The van der Waals surface area contributed by atoms with Gasteiger partial charge >= 0.3 is 0 Å². The highest BCUT2D eigenvalue weighted by Gasteiger charge is 2.19. The van der Waals surface area contributed by atoms with Gasteiger partial charge in [0.25, 0.3) is 0 Å².